The maximum Gasteiger partial charge on any atom is 0.251 e. The van der Waals surface area contributed by atoms with Gasteiger partial charge in [-0.2, -0.15) is 4.37 Å². The van der Waals surface area contributed by atoms with Crippen LogP contribution in [0.3, 0.4) is 0 Å². The van der Waals surface area contributed by atoms with Crippen LogP contribution in [0, 0.1) is 0 Å². The van der Waals surface area contributed by atoms with E-state index in [0.717, 1.165) is 11.5 Å². The van der Waals surface area contributed by atoms with Crippen molar-refractivity contribution in [3.05, 3.63) is 40.7 Å². The highest BCUT2D eigenvalue weighted by Gasteiger charge is 2.19. The third kappa shape index (κ3) is 4.25. The summed E-state index contributed by atoms with van der Waals surface area (Å²) >= 11 is 6.58. The van der Waals surface area contributed by atoms with Crippen molar-refractivity contribution in [3.63, 3.8) is 0 Å². The van der Waals surface area contributed by atoms with Gasteiger partial charge in [0, 0.05) is 10.6 Å². The summed E-state index contributed by atoms with van der Waals surface area (Å²) in [5.74, 6) is 0.0186. The molecule has 1 aromatic heterocycles. The van der Waals surface area contributed by atoms with Crippen molar-refractivity contribution in [3.8, 4) is 0 Å². The van der Waals surface area contributed by atoms with Gasteiger partial charge in [0.15, 0.2) is 5.82 Å². The molecule has 1 heterocycles. The number of carbonyl (C=O) groups excluding carboxylic acids is 1. The SMILES string of the molecule is CCCS(=O)(=O)c1nc(CNC(=O)c2ccc(Cl)cc2)ns1. The summed E-state index contributed by atoms with van der Waals surface area (Å²) in [4.78, 5) is 15.9. The average molecular weight is 360 g/mol. The first kappa shape index (κ1) is 16.9. The lowest BCUT2D eigenvalue weighted by molar-refractivity contribution is 0.0950. The minimum Gasteiger partial charge on any atom is -0.345 e. The molecule has 1 N–H and O–H groups in total. The molecule has 0 aliphatic heterocycles. The van der Waals surface area contributed by atoms with Crippen LogP contribution in [0.15, 0.2) is 28.6 Å². The molecular formula is C13H14ClN3O3S2. The van der Waals surface area contributed by atoms with E-state index in [9.17, 15) is 13.2 Å². The van der Waals surface area contributed by atoms with Crippen molar-refractivity contribution in [2.24, 2.45) is 0 Å². The van der Waals surface area contributed by atoms with Crippen LogP contribution in [0.1, 0.15) is 29.5 Å². The van der Waals surface area contributed by atoms with Crippen molar-refractivity contribution in [1.29, 1.82) is 0 Å². The molecule has 0 unspecified atom stereocenters. The molecular weight excluding hydrogens is 346 g/mol. The Bertz CT molecular complexity index is 757. The van der Waals surface area contributed by atoms with Crippen molar-refractivity contribution in [2.75, 3.05) is 5.75 Å². The van der Waals surface area contributed by atoms with Gasteiger partial charge in [-0.15, -0.1) is 0 Å². The molecule has 0 fully saturated rings. The van der Waals surface area contributed by atoms with Gasteiger partial charge in [0.05, 0.1) is 12.3 Å². The molecule has 0 aliphatic rings. The van der Waals surface area contributed by atoms with E-state index < -0.39 is 9.84 Å². The van der Waals surface area contributed by atoms with Gasteiger partial charge in [0.1, 0.15) is 0 Å². The van der Waals surface area contributed by atoms with Gasteiger partial charge in [0.2, 0.25) is 14.2 Å². The number of hydrogen-bond donors (Lipinski definition) is 1. The van der Waals surface area contributed by atoms with Gasteiger partial charge in [-0.1, -0.05) is 18.5 Å². The Kier molecular flexibility index (Phi) is 5.49. The standard InChI is InChI=1S/C13H14ClN3O3S2/c1-2-7-22(19,20)13-16-11(17-21-13)8-15-12(18)9-3-5-10(14)6-4-9/h3-6H,2,7-8H2,1H3,(H,15,18). The van der Waals surface area contributed by atoms with Crippen molar-refractivity contribution >= 4 is 38.9 Å². The Labute approximate surface area is 137 Å². The molecule has 0 spiro atoms. The topological polar surface area (TPSA) is 89.0 Å². The molecule has 0 radical (unpaired) electrons. The number of nitrogens with zero attached hydrogens (tertiary/aromatic N) is 2. The van der Waals surface area contributed by atoms with Crippen LogP contribution in [0.25, 0.3) is 0 Å². The van der Waals surface area contributed by atoms with Crippen LogP contribution in [0.2, 0.25) is 5.02 Å². The number of carbonyl (C=O) groups is 1. The predicted molar refractivity (Wildman–Crippen MR) is 84.9 cm³/mol. The van der Waals surface area contributed by atoms with E-state index in [0.29, 0.717) is 17.0 Å². The number of sulfone groups is 1. The molecule has 1 amide bonds. The van der Waals surface area contributed by atoms with Crippen LogP contribution in [0.5, 0.6) is 0 Å². The van der Waals surface area contributed by atoms with Gasteiger partial charge < -0.3 is 5.32 Å². The molecule has 1 aromatic carbocycles. The molecule has 0 saturated carbocycles. The molecule has 2 aromatic rings. The van der Waals surface area contributed by atoms with E-state index in [1.165, 1.54) is 0 Å². The Balaban J connectivity index is 1.99. The Morgan fingerprint density at radius 3 is 2.64 bits per heavy atom. The van der Waals surface area contributed by atoms with E-state index in [1.807, 2.05) is 0 Å². The van der Waals surface area contributed by atoms with Gasteiger partial charge in [-0.25, -0.2) is 13.4 Å². The second-order valence-corrected chi connectivity index (χ2v) is 7.96. The lowest BCUT2D eigenvalue weighted by Gasteiger charge is -2.02. The molecule has 0 atom stereocenters. The second-order valence-electron chi connectivity index (χ2n) is 4.48. The molecule has 2 rings (SSSR count). The van der Waals surface area contributed by atoms with E-state index in [2.05, 4.69) is 14.7 Å². The first-order valence-electron chi connectivity index (χ1n) is 6.51. The molecule has 0 bridgehead atoms. The van der Waals surface area contributed by atoms with Crippen LogP contribution >= 0.6 is 23.1 Å². The maximum absolute atomic E-state index is 11.9. The predicted octanol–water partition coefficient (Wildman–Crippen LogP) is 2.31. The Morgan fingerprint density at radius 2 is 2.00 bits per heavy atom. The van der Waals surface area contributed by atoms with E-state index in [4.69, 9.17) is 11.6 Å². The quantitative estimate of drug-likeness (QED) is 0.854. The summed E-state index contributed by atoms with van der Waals surface area (Å²) in [5.41, 5.74) is 0.457. The molecule has 0 aliphatic carbocycles. The first-order chi connectivity index (χ1) is 10.4. The van der Waals surface area contributed by atoms with Crippen LogP contribution in [0.4, 0.5) is 0 Å². The smallest absolute Gasteiger partial charge is 0.251 e. The molecule has 6 nitrogen and oxygen atoms in total. The van der Waals surface area contributed by atoms with Crippen LogP contribution in [-0.2, 0) is 16.4 Å². The largest absolute Gasteiger partial charge is 0.345 e. The van der Waals surface area contributed by atoms with Crippen molar-refractivity contribution < 1.29 is 13.2 Å². The fraction of sp³-hybridized carbons (Fsp3) is 0.308. The summed E-state index contributed by atoms with van der Waals surface area (Å²) in [6.07, 6.45) is 0.518. The minimum atomic E-state index is -3.37. The molecule has 118 valence electrons. The highest BCUT2D eigenvalue weighted by Crippen LogP contribution is 2.15. The zero-order chi connectivity index (χ0) is 16.2. The van der Waals surface area contributed by atoms with Gasteiger partial charge in [-0.3, -0.25) is 4.79 Å². The summed E-state index contributed by atoms with van der Waals surface area (Å²) in [6, 6.07) is 6.44. The number of benzene rings is 1. The first-order valence-corrected chi connectivity index (χ1v) is 9.32. The Hall–Kier alpha value is -1.51. The highest BCUT2D eigenvalue weighted by molar-refractivity contribution is 7.93. The number of hydrogen-bond acceptors (Lipinski definition) is 6. The zero-order valence-corrected chi connectivity index (χ0v) is 14.1. The van der Waals surface area contributed by atoms with E-state index in [1.54, 1.807) is 31.2 Å². The fourth-order valence-electron chi connectivity index (χ4n) is 1.65. The number of amides is 1. The molecule has 9 heteroatoms. The normalized spacial score (nSPS) is 11.4. The highest BCUT2D eigenvalue weighted by atomic mass is 35.5. The lowest BCUT2D eigenvalue weighted by atomic mass is 10.2. The average Bonchev–Trinajstić information content (AvgIpc) is 2.95. The van der Waals surface area contributed by atoms with Crippen molar-refractivity contribution in [1.82, 2.24) is 14.7 Å². The zero-order valence-electron chi connectivity index (χ0n) is 11.7. The number of halogens is 1. The number of aromatic nitrogens is 2. The summed E-state index contributed by atoms with van der Waals surface area (Å²) < 4.78 is 27.6. The number of nitrogens with one attached hydrogen (secondary N) is 1. The monoisotopic (exact) mass is 359 g/mol. The third-order valence-electron chi connectivity index (χ3n) is 2.70. The summed E-state index contributed by atoms with van der Waals surface area (Å²) in [6.45, 7) is 1.85. The van der Waals surface area contributed by atoms with Crippen LogP contribution in [-0.4, -0.2) is 29.4 Å². The summed E-state index contributed by atoms with van der Waals surface area (Å²) in [7, 11) is -3.37. The number of rotatable bonds is 6. The van der Waals surface area contributed by atoms with Gasteiger partial charge in [-0.05, 0) is 42.2 Å². The minimum absolute atomic E-state index is 0.00917. The maximum atomic E-state index is 11.9. The van der Waals surface area contributed by atoms with E-state index >= 15 is 0 Å². The van der Waals surface area contributed by atoms with Crippen LogP contribution < -0.4 is 5.32 Å². The lowest BCUT2D eigenvalue weighted by Crippen LogP contribution is -2.23. The molecule has 22 heavy (non-hydrogen) atoms. The van der Waals surface area contributed by atoms with Gasteiger partial charge in [0.25, 0.3) is 5.91 Å². The summed E-state index contributed by atoms with van der Waals surface area (Å²) in [5, 5.41) is 3.18. The van der Waals surface area contributed by atoms with E-state index in [-0.39, 0.29) is 28.4 Å². The Morgan fingerprint density at radius 1 is 1.32 bits per heavy atom. The fourth-order valence-corrected chi connectivity index (χ4v) is 3.99. The van der Waals surface area contributed by atoms with Crippen molar-refractivity contribution in [2.45, 2.75) is 24.2 Å². The third-order valence-corrected chi connectivity index (χ3v) is 6.06. The second kappa shape index (κ2) is 7.17. The van der Waals surface area contributed by atoms with Gasteiger partial charge >= 0.3 is 0 Å². The molecule has 0 saturated heterocycles.